The van der Waals surface area contributed by atoms with E-state index < -0.39 is 6.10 Å². The van der Waals surface area contributed by atoms with E-state index >= 15 is 0 Å². The highest BCUT2D eigenvalue weighted by Gasteiger charge is 2.25. The summed E-state index contributed by atoms with van der Waals surface area (Å²) in [6.45, 7) is 6.13. The molecule has 1 aliphatic rings. The van der Waals surface area contributed by atoms with Crippen LogP contribution in [0.15, 0.2) is 24.3 Å². The Morgan fingerprint density at radius 3 is 3.05 bits per heavy atom. The fraction of sp³-hybridized carbons (Fsp3) is 0.500. The number of nitrogens with one attached hydrogen (secondary N) is 1. The smallest absolute Gasteiger partial charge is 0.263 e. The molecule has 1 aliphatic heterocycles. The van der Waals surface area contributed by atoms with Gasteiger partial charge in [-0.05, 0) is 32.0 Å². The van der Waals surface area contributed by atoms with Crippen LogP contribution in [-0.2, 0) is 4.79 Å². The van der Waals surface area contributed by atoms with Crippen LogP contribution in [0.25, 0.3) is 0 Å². The molecule has 1 saturated heterocycles. The van der Waals surface area contributed by atoms with Gasteiger partial charge >= 0.3 is 0 Å². The summed E-state index contributed by atoms with van der Waals surface area (Å²) >= 11 is 5.89. The van der Waals surface area contributed by atoms with Gasteiger partial charge < -0.3 is 15.0 Å². The molecule has 19 heavy (non-hydrogen) atoms. The first kappa shape index (κ1) is 14.2. The average molecular weight is 283 g/mol. The van der Waals surface area contributed by atoms with E-state index in [-0.39, 0.29) is 5.91 Å². The molecule has 1 N–H and O–H groups in total. The number of halogens is 1. The maximum Gasteiger partial charge on any atom is 0.263 e. The van der Waals surface area contributed by atoms with Crippen LogP contribution in [0.2, 0.25) is 5.02 Å². The molecular weight excluding hydrogens is 264 g/mol. The lowest BCUT2D eigenvalue weighted by Crippen LogP contribution is -2.54. The van der Waals surface area contributed by atoms with Gasteiger partial charge in [0.05, 0.1) is 0 Å². The van der Waals surface area contributed by atoms with E-state index in [1.807, 2.05) is 11.0 Å². The molecule has 1 fully saturated rings. The lowest BCUT2D eigenvalue weighted by molar-refractivity contribution is -0.139. The van der Waals surface area contributed by atoms with E-state index in [0.29, 0.717) is 16.8 Å². The van der Waals surface area contributed by atoms with Crippen molar-refractivity contribution in [2.45, 2.75) is 26.0 Å². The molecule has 1 aromatic carbocycles. The standard InChI is InChI=1S/C14H19ClN2O2/c1-10-9-17(7-6-16-10)14(18)11(2)19-13-5-3-4-12(15)8-13/h3-5,8,10-11,16H,6-7,9H2,1-2H3. The van der Waals surface area contributed by atoms with Crippen molar-refractivity contribution in [2.75, 3.05) is 19.6 Å². The van der Waals surface area contributed by atoms with Crippen LogP contribution in [0.3, 0.4) is 0 Å². The monoisotopic (exact) mass is 282 g/mol. The molecule has 2 atom stereocenters. The van der Waals surface area contributed by atoms with Crippen molar-refractivity contribution in [1.29, 1.82) is 0 Å². The van der Waals surface area contributed by atoms with Gasteiger partial charge in [0.1, 0.15) is 5.75 Å². The molecule has 4 nitrogen and oxygen atoms in total. The van der Waals surface area contributed by atoms with Crippen molar-refractivity contribution < 1.29 is 9.53 Å². The minimum atomic E-state index is -0.497. The number of benzene rings is 1. The molecule has 0 saturated carbocycles. The maximum atomic E-state index is 12.3. The van der Waals surface area contributed by atoms with Gasteiger partial charge in [0.25, 0.3) is 5.91 Å². The number of amides is 1. The molecule has 0 bridgehead atoms. The Bertz CT molecular complexity index is 453. The second kappa shape index (κ2) is 6.26. The second-order valence-corrected chi connectivity index (χ2v) is 5.29. The summed E-state index contributed by atoms with van der Waals surface area (Å²) in [5.74, 6) is 0.643. The molecule has 0 aliphatic carbocycles. The Labute approximate surface area is 118 Å². The van der Waals surface area contributed by atoms with Gasteiger partial charge in [-0.25, -0.2) is 0 Å². The van der Waals surface area contributed by atoms with Crippen LogP contribution in [0.4, 0.5) is 0 Å². The molecule has 2 unspecified atom stereocenters. The number of hydrogen-bond donors (Lipinski definition) is 1. The van der Waals surface area contributed by atoms with E-state index in [0.717, 1.165) is 19.6 Å². The summed E-state index contributed by atoms with van der Waals surface area (Å²) in [6.07, 6.45) is -0.497. The van der Waals surface area contributed by atoms with Crippen LogP contribution in [-0.4, -0.2) is 42.6 Å². The number of carbonyl (C=O) groups excluding carboxylic acids is 1. The molecule has 0 radical (unpaired) electrons. The minimum absolute atomic E-state index is 0.0216. The maximum absolute atomic E-state index is 12.3. The summed E-state index contributed by atoms with van der Waals surface area (Å²) in [5.41, 5.74) is 0. The first-order valence-electron chi connectivity index (χ1n) is 6.50. The van der Waals surface area contributed by atoms with E-state index in [1.54, 1.807) is 25.1 Å². The quantitative estimate of drug-likeness (QED) is 0.921. The fourth-order valence-electron chi connectivity index (χ4n) is 2.18. The normalized spacial score (nSPS) is 21.0. The Morgan fingerprint density at radius 2 is 2.37 bits per heavy atom. The summed E-state index contributed by atoms with van der Waals surface area (Å²) in [6, 6.07) is 7.43. The zero-order chi connectivity index (χ0) is 13.8. The highest BCUT2D eigenvalue weighted by Crippen LogP contribution is 2.19. The lowest BCUT2D eigenvalue weighted by atomic mass is 10.2. The molecule has 5 heteroatoms. The molecular formula is C14H19ClN2O2. The fourth-order valence-corrected chi connectivity index (χ4v) is 2.36. The third-order valence-electron chi connectivity index (χ3n) is 3.14. The van der Waals surface area contributed by atoms with Gasteiger partial charge in [-0.15, -0.1) is 0 Å². The van der Waals surface area contributed by atoms with Crippen LogP contribution in [0.5, 0.6) is 5.75 Å². The second-order valence-electron chi connectivity index (χ2n) is 4.86. The molecule has 0 spiro atoms. The average Bonchev–Trinajstić information content (AvgIpc) is 2.38. The molecule has 1 amide bonds. The molecule has 1 heterocycles. The molecule has 2 rings (SSSR count). The van der Waals surface area contributed by atoms with Crippen molar-refractivity contribution in [1.82, 2.24) is 10.2 Å². The van der Waals surface area contributed by atoms with E-state index in [1.165, 1.54) is 0 Å². The number of hydrogen-bond acceptors (Lipinski definition) is 3. The number of ether oxygens (including phenoxy) is 1. The first-order chi connectivity index (χ1) is 9.06. The summed E-state index contributed by atoms with van der Waals surface area (Å²) in [5, 5.41) is 3.92. The zero-order valence-electron chi connectivity index (χ0n) is 11.2. The summed E-state index contributed by atoms with van der Waals surface area (Å²) < 4.78 is 5.65. The van der Waals surface area contributed by atoms with Crippen molar-refractivity contribution in [2.24, 2.45) is 0 Å². The highest BCUT2D eigenvalue weighted by atomic mass is 35.5. The first-order valence-corrected chi connectivity index (χ1v) is 6.88. The van der Waals surface area contributed by atoms with E-state index in [4.69, 9.17) is 16.3 Å². The van der Waals surface area contributed by atoms with E-state index in [9.17, 15) is 4.79 Å². The number of rotatable bonds is 3. The van der Waals surface area contributed by atoms with Gasteiger partial charge in [-0.1, -0.05) is 17.7 Å². The number of piperazine rings is 1. The van der Waals surface area contributed by atoms with Gasteiger partial charge in [0.2, 0.25) is 0 Å². The molecule has 104 valence electrons. The largest absolute Gasteiger partial charge is 0.481 e. The van der Waals surface area contributed by atoms with Crippen LogP contribution in [0.1, 0.15) is 13.8 Å². The minimum Gasteiger partial charge on any atom is -0.481 e. The van der Waals surface area contributed by atoms with Gasteiger partial charge in [-0.2, -0.15) is 0 Å². The Morgan fingerprint density at radius 1 is 1.58 bits per heavy atom. The Kier molecular flexibility index (Phi) is 4.66. The number of nitrogens with zero attached hydrogens (tertiary/aromatic N) is 1. The van der Waals surface area contributed by atoms with Gasteiger partial charge in [0.15, 0.2) is 6.10 Å². The number of carbonyl (C=O) groups is 1. The van der Waals surface area contributed by atoms with E-state index in [2.05, 4.69) is 12.2 Å². The predicted octanol–water partition coefficient (Wildman–Crippen LogP) is 1.93. The lowest BCUT2D eigenvalue weighted by Gasteiger charge is -2.33. The molecule has 1 aromatic rings. The Hall–Kier alpha value is -1.26. The molecule has 0 aromatic heterocycles. The summed E-state index contributed by atoms with van der Waals surface area (Å²) in [4.78, 5) is 14.1. The third-order valence-corrected chi connectivity index (χ3v) is 3.37. The van der Waals surface area contributed by atoms with Gasteiger partial charge in [-0.3, -0.25) is 4.79 Å². The van der Waals surface area contributed by atoms with Gasteiger partial charge in [0, 0.05) is 30.7 Å². The Balaban J connectivity index is 1.95. The van der Waals surface area contributed by atoms with Crippen LogP contribution >= 0.6 is 11.6 Å². The summed E-state index contributed by atoms with van der Waals surface area (Å²) in [7, 11) is 0. The zero-order valence-corrected chi connectivity index (χ0v) is 12.0. The van der Waals surface area contributed by atoms with Crippen molar-refractivity contribution in [3.05, 3.63) is 29.3 Å². The van der Waals surface area contributed by atoms with Crippen LogP contribution in [0, 0.1) is 0 Å². The SMILES string of the molecule is CC1CN(C(=O)C(C)Oc2cccc(Cl)c2)CCN1. The van der Waals surface area contributed by atoms with Crippen LogP contribution < -0.4 is 10.1 Å². The third kappa shape index (κ3) is 3.85. The highest BCUT2D eigenvalue weighted by molar-refractivity contribution is 6.30. The predicted molar refractivity (Wildman–Crippen MR) is 75.6 cm³/mol. The van der Waals surface area contributed by atoms with Crippen molar-refractivity contribution in [3.63, 3.8) is 0 Å². The topological polar surface area (TPSA) is 41.6 Å². The van der Waals surface area contributed by atoms with Crippen molar-refractivity contribution >= 4 is 17.5 Å². The van der Waals surface area contributed by atoms with Crippen molar-refractivity contribution in [3.8, 4) is 5.75 Å².